The number of nitrogens with one attached hydrogen (secondary N) is 1. The number of hydrogen-bond acceptors (Lipinski definition) is 6. The zero-order valence-corrected chi connectivity index (χ0v) is 28.6. The van der Waals surface area contributed by atoms with Gasteiger partial charge in [0.2, 0.25) is 0 Å². The number of carbonyl (C=O) groups is 1. The number of halogens is 1. The SMILES string of the molecule is C=CCOc1c(Br)cc(/C=C2\SC(=Nc3cc4c5c(c3)[C@H](c3ccccc3)CCN5CC[C@@H]4c3ccccc3)NC2=O)cc1OCC. The highest BCUT2D eigenvalue weighted by Crippen LogP contribution is 2.50. The predicted octanol–water partition coefficient (Wildman–Crippen LogP) is 9.18. The molecule has 4 aromatic rings. The van der Waals surface area contributed by atoms with E-state index in [4.69, 9.17) is 14.5 Å². The Balaban J connectivity index is 1.26. The summed E-state index contributed by atoms with van der Waals surface area (Å²) in [5, 5.41) is 3.58. The average molecular weight is 707 g/mol. The monoisotopic (exact) mass is 705 g/mol. The Kier molecular flexibility index (Phi) is 9.23. The van der Waals surface area contributed by atoms with Crippen LogP contribution < -0.4 is 19.7 Å². The van der Waals surface area contributed by atoms with Crippen LogP contribution in [0.1, 0.15) is 59.4 Å². The smallest absolute Gasteiger partial charge is 0.264 e. The minimum Gasteiger partial charge on any atom is -0.490 e. The summed E-state index contributed by atoms with van der Waals surface area (Å²) in [7, 11) is 0. The van der Waals surface area contributed by atoms with Gasteiger partial charge in [0.05, 0.1) is 21.7 Å². The van der Waals surface area contributed by atoms with Crippen LogP contribution in [0.2, 0.25) is 0 Å². The molecule has 2 atom stereocenters. The van der Waals surface area contributed by atoms with E-state index >= 15 is 0 Å². The van der Waals surface area contributed by atoms with E-state index < -0.39 is 0 Å². The molecule has 1 fully saturated rings. The molecule has 3 aliphatic rings. The third-order valence-electron chi connectivity index (χ3n) is 8.86. The lowest BCUT2D eigenvalue weighted by Gasteiger charge is -2.43. The largest absolute Gasteiger partial charge is 0.490 e. The van der Waals surface area contributed by atoms with Gasteiger partial charge in [-0.2, -0.15) is 0 Å². The molecule has 0 aromatic heterocycles. The van der Waals surface area contributed by atoms with Crippen molar-refractivity contribution in [2.24, 2.45) is 4.99 Å². The Hall–Kier alpha value is -4.27. The molecule has 6 nitrogen and oxygen atoms in total. The third kappa shape index (κ3) is 6.49. The number of thioether (sulfide) groups is 1. The lowest BCUT2D eigenvalue weighted by Crippen LogP contribution is -2.37. The predicted molar refractivity (Wildman–Crippen MR) is 196 cm³/mol. The second kappa shape index (κ2) is 13.8. The van der Waals surface area contributed by atoms with E-state index in [0.29, 0.717) is 34.8 Å². The minimum atomic E-state index is -0.176. The molecule has 1 saturated heterocycles. The molecular weight excluding hydrogens is 670 g/mol. The van der Waals surface area contributed by atoms with Gasteiger partial charge in [-0.15, -0.1) is 0 Å². The van der Waals surface area contributed by atoms with Crippen molar-refractivity contribution in [2.45, 2.75) is 31.6 Å². The van der Waals surface area contributed by atoms with E-state index in [0.717, 1.165) is 41.7 Å². The molecule has 0 spiro atoms. The standard InChI is InChI=1S/C39H36BrN3O3S/c1-3-19-46-37-33(40)20-25(21-34(37)45-4-2)22-35-38(44)42-39(47-35)41-28-23-31-29(26-11-7-5-8-12-26)15-17-43-18-16-30(32(24-28)36(31)43)27-13-9-6-10-14-27/h3,5-14,20-24,29-30H,1,4,15-19H2,2H3,(H,41,42,44)/b35-22-/t29-,30+. The molecule has 1 N–H and O–H groups in total. The number of carbonyl (C=O) groups excluding carboxylic acids is 1. The summed E-state index contributed by atoms with van der Waals surface area (Å²) in [6.07, 6.45) is 5.66. The first-order valence-electron chi connectivity index (χ1n) is 16.0. The molecule has 47 heavy (non-hydrogen) atoms. The lowest BCUT2D eigenvalue weighted by molar-refractivity contribution is -0.115. The first kappa shape index (κ1) is 31.3. The summed E-state index contributed by atoms with van der Waals surface area (Å²) in [4.78, 5) is 21.4. The zero-order valence-electron chi connectivity index (χ0n) is 26.2. The number of anilines is 1. The maximum atomic E-state index is 13.2. The second-order valence-corrected chi connectivity index (χ2v) is 13.7. The van der Waals surface area contributed by atoms with E-state index in [1.54, 1.807) is 6.08 Å². The highest BCUT2D eigenvalue weighted by Gasteiger charge is 2.35. The van der Waals surface area contributed by atoms with Crippen molar-refractivity contribution in [1.82, 2.24) is 5.32 Å². The van der Waals surface area contributed by atoms with Crippen molar-refractivity contribution in [3.8, 4) is 11.5 Å². The Morgan fingerprint density at radius 3 is 2.19 bits per heavy atom. The summed E-state index contributed by atoms with van der Waals surface area (Å²) >= 11 is 4.96. The van der Waals surface area contributed by atoms with Gasteiger partial charge >= 0.3 is 0 Å². The van der Waals surface area contributed by atoms with Gasteiger partial charge in [0, 0.05) is 30.6 Å². The Labute approximate surface area is 288 Å². The topological polar surface area (TPSA) is 63.2 Å². The van der Waals surface area contributed by atoms with Crippen LogP contribution in [0.4, 0.5) is 11.4 Å². The van der Waals surface area contributed by atoms with Crippen molar-refractivity contribution in [1.29, 1.82) is 0 Å². The summed E-state index contributed by atoms with van der Waals surface area (Å²) < 4.78 is 12.4. The number of amidine groups is 1. The molecule has 0 saturated carbocycles. The first-order chi connectivity index (χ1) is 23.0. The number of benzene rings is 4. The van der Waals surface area contributed by atoms with Gasteiger partial charge in [-0.25, -0.2) is 4.99 Å². The molecule has 0 unspecified atom stereocenters. The van der Waals surface area contributed by atoms with Gasteiger partial charge in [-0.1, -0.05) is 73.3 Å². The Morgan fingerprint density at radius 1 is 0.957 bits per heavy atom. The fourth-order valence-electron chi connectivity index (χ4n) is 6.87. The normalized spacial score (nSPS) is 20.2. The van der Waals surface area contributed by atoms with Gasteiger partial charge in [0.25, 0.3) is 5.91 Å². The Bertz CT molecular complexity index is 1800. The van der Waals surface area contributed by atoms with E-state index in [9.17, 15) is 4.79 Å². The van der Waals surface area contributed by atoms with Crippen molar-refractivity contribution in [2.75, 3.05) is 31.2 Å². The van der Waals surface area contributed by atoms with Crippen LogP contribution in [0.5, 0.6) is 11.5 Å². The van der Waals surface area contributed by atoms with Crippen molar-refractivity contribution in [3.05, 3.63) is 135 Å². The fourth-order valence-corrected chi connectivity index (χ4v) is 8.29. The fraction of sp³-hybridized carbons (Fsp3) is 0.231. The molecular formula is C39H36BrN3O3S. The number of nitrogens with zero attached hydrogens (tertiary/aromatic N) is 2. The highest BCUT2D eigenvalue weighted by atomic mass is 79.9. The van der Waals surface area contributed by atoms with Crippen LogP contribution in [-0.4, -0.2) is 37.4 Å². The molecule has 3 aliphatic heterocycles. The van der Waals surface area contributed by atoms with Crippen LogP contribution in [0.15, 0.2) is 112 Å². The number of ether oxygens (including phenoxy) is 2. The Morgan fingerprint density at radius 2 is 1.60 bits per heavy atom. The molecule has 1 amide bonds. The quantitative estimate of drug-likeness (QED) is 0.139. The van der Waals surface area contributed by atoms with E-state index in [-0.39, 0.29) is 17.7 Å². The van der Waals surface area contributed by atoms with Gasteiger partial charge < -0.3 is 19.7 Å². The zero-order chi connectivity index (χ0) is 32.3. The maximum Gasteiger partial charge on any atom is 0.264 e. The molecule has 238 valence electrons. The summed E-state index contributed by atoms with van der Waals surface area (Å²) in [6.45, 7) is 8.58. The van der Waals surface area contributed by atoms with Gasteiger partial charge in [-0.3, -0.25) is 4.79 Å². The van der Waals surface area contributed by atoms with Gasteiger partial charge in [-0.05, 0) is 106 Å². The second-order valence-electron chi connectivity index (χ2n) is 11.8. The number of hydrogen-bond donors (Lipinski definition) is 1. The van der Waals surface area contributed by atoms with Crippen molar-refractivity contribution >= 4 is 56.2 Å². The first-order valence-corrected chi connectivity index (χ1v) is 17.7. The van der Waals surface area contributed by atoms with Crippen molar-refractivity contribution < 1.29 is 14.3 Å². The van der Waals surface area contributed by atoms with Crippen LogP contribution in [0.25, 0.3) is 6.08 Å². The molecule has 0 aliphatic carbocycles. The maximum absolute atomic E-state index is 13.2. The molecule has 4 aromatic carbocycles. The highest BCUT2D eigenvalue weighted by molar-refractivity contribution is 9.10. The van der Waals surface area contributed by atoms with E-state index in [2.05, 4.69) is 106 Å². The number of rotatable bonds is 9. The van der Waals surface area contributed by atoms with E-state index in [1.165, 1.54) is 39.7 Å². The molecule has 0 bridgehead atoms. The molecule has 8 heteroatoms. The molecule has 3 heterocycles. The summed E-state index contributed by atoms with van der Waals surface area (Å²) in [6, 6.07) is 29.9. The van der Waals surface area contributed by atoms with Crippen molar-refractivity contribution in [3.63, 3.8) is 0 Å². The summed E-state index contributed by atoms with van der Waals surface area (Å²) in [5.41, 5.74) is 8.32. The summed E-state index contributed by atoms with van der Waals surface area (Å²) in [5.74, 6) is 1.61. The molecule has 7 rings (SSSR count). The van der Waals surface area contributed by atoms with Crippen LogP contribution in [0.3, 0.4) is 0 Å². The van der Waals surface area contributed by atoms with Crippen LogP contribution in [0, 0.1) is 0 Å². The molecule has 0 radical (unpaired) electrons. The van der Waals surface area contributed by atoms with E-state index in [1.807, 2.05) is 25.1 Å². The van der Waals surface area contributed by atoms with Crippen LogP contribution >= 0.6 is 27.7 Å². The van der Waals surface area contributed by atoms with Gasteiger partial charge in [0.15, 0.2) is 16.7 Å². The third-order valence-corrected chi connectivity index (χ3v) is 10.4. The van der Waals surface area contributed by atoms with Gasteiger partial charge in [0.1, 0.15) is 6.61 Å². The average Bonchev–Trinajstić information content (AvgIpc) is 3.43. The number of amides is 1. The number of aliphatic imine (C=N–C) groups is 1. The minimum absolute atomic E-state index is 0.176. The lowest BCUT2D eigenvalue weighted by atomic mass is 9.76. The van der Waals surface area contributed by atoms with Crippen LogP contribution in [-0.2, 0) is 4.79 Å².